The smallest absolute Gasteiger partial charge is 0.130 e. The Hall–Kier alpha value is -0.810. The van der Waals surface area contributed by atoms with Crippen molar-refractivity contribution in [2.45, 2.75) is 25.4 Å². The van der Waals surface area contributed by atoms with Crippen LogP contribution in [0.15, 0.2) is 18.2 Å². The van der Waals surface area contributed by atoms with Gasteiger partial charge in [0.25, 0.3) is 0 Å². The van der Waals surface area contributed by atoms with Crippen LogP contribution < -0.4 is 5.32 Å². The van der Waals surface area contributed by atoms with Crippen LogP contribution in [0, 0.1) is 11.6 Å². The van der Waals surface area contributed by atoms with Gasteiger partial charge in [-0.25, -0.2) is 8.78 Å². The molecule has 1 aliphatic heterocycles. The fraction of sp³-hybridized carbons (Fsp3) is 0.500. The summed E-state index contributed by atoms with van der Waals surface area (Å²) in [4.78, 5) is 0. The monoisotopic (exact) mass is 259 g/mol. The van der Waals surface area contributed by atoms with E-state index < -0.39 is 22.4 Å². The molecule has 0 amide bonds. The standard InChI is InChI=1S/C12H15F2NOS/c1-8-4-5-17(16)7-12(15-8)10-3-2-9(13)6-11(10)14/h2-3,6,8,12,15H,4-5,7H2,1H3. The average molecular weight is 259 g/mol. The summed E-state index contributed by atoms with van der Waals surface area (Å²) in [5, 5.41) is 3.23. The van der Waals surface area contributed by atoms with Gasteiger partial charge in [0, 0.05) is 46.0 Å². The Morgan fingerprint density at radius 1 is 1.41 bits per heavy atom. The summed E-state index contributed by atoms with van der Waals surface area (Å²) in [5.41, 5.74) is 0.397. The van der Waals surface area contributed by atoms with Gasteiger partial charge in [0.15, 0.2) is 0 Å². The van der Waals surface area contributed by atoms with Gasteiger partial charge >= 0.3 is 0 Å². The van der Waals surface area contributed by atoms with Crippen molar-refractivity contribution in [3.05, 3.63) is 35.4 Å². The fourth-order valence-electron chi connectivity index (χ4n) is 2.02. The van der Waals surface area contributed by atoms with Gasteiger partial charge in [-0.15, -0.1) is 0 Å². The topological polar surface area (TPSA) is 29.1 Å². The number of nitrogens with one attached hydrogen (secondary N) is 1. The molecule has 1 heterocycles. The van der Waals surface area contributed by atoms with E-state index in [1.165, 1.54) is 12.1 Å². The number of benzene rings is 1. The highest BCUT2D eigenvalue weighted by Gasteiger charge is 2.24. The Kier molecular flexibility index (Phi) is 3.89. The van der Waals surface area contributed by atoms with Crippen molar-refractivity contribution in [1.82, 2.24) is 5.32 Å². The first-order valence-electron chi connectivity index (χ1n) is 5.62. The second kappa shape index (κ2) is 5.23. The quantitative estimate of drug-likeness (QED) is 0.837. The summed E-state index contributed by atoms with van der Waals surface area (Å²) in [6, 6.07) is 3.43. The summed E-state index contributed by atoms with van der Waals surface area (Å²) < 4.78 is 38.1. The third kappa shape index (κ3) is 3.10. The average Bonchev–Trinajstić information content (AvgIpc) is 2.40. The lowest BCUT2D eigenvalue weighted by Gasteiger charge is -2.19. The predicted molar refractivity (Wildman–Crippen MR) is 64.2 cm³/mol. The van der Waals surface area contributed by atoms with Crippen LogP contribution in [0.2, 0.25) is 0 Å². The molecule has 0 bridgehead atoms. The first kappa shape index (κ1) is 12.6. The number of halogens is 2. The van der Waals surface area contributed by atoms with Gasteiger partial charge in [-0.3, -0.25) is 4.21 Å². The predicted octanol–water partition coefficient (Wildman–Crippen LogP) is 2.14. The molecule has 94 valence electrons. The van der Waals surface area contributed by atoms with Gasteiger partial charge < -0.3 is 5.32 Å². The van der Waals surface area contributed by atoms with E-state index >= 15 is 0 Å². The highest BCUT2D eigenvalue weighted by atomic mass is 32.2. The van der Waals surface area contributed by atoms with E-state index in [2.05, 4.69) is 5.32 Å². The molecule has 17 heavy (non-hydrogen) atoms. The molecule has 0 saturated carbocycles. The summed E-state index contributed by atoms with van der Waals surface area (Å²) in [6.45, 7) is 1.98. The minimum absolute atomic E-state index is 0.191. The van der Waals surface area contributed by atoms with Crippen LogP contribution in [0.3, 0.4) is 0 Å². The molecule has 1 N–H and O–H groups in total. The second-order valence-corrected chi connectivity index (χ2v) is 6.01. The maximum atomic E-state index is 13.6. The van der Waals surface area contributed by atoms with Crippen molar-refractivity contribution in [1.29, 1.82) is 0 Å². The van der Waals surface area contributed by atoms with Crippen molar-refractivity contribution < 1.29 is 13.0 Å². The van der Waals surface area contributed by atoms with Crippen molar-refractivity contribution in [3.63, 3.8) is 0 Å². The molecule has 1 aromatic rings. The van der Waals surface area contributed by atoms with Crippen molar-refractivity contribution in [3.8, 4) is 0 Å². The van der Waals surface area contributed by atoms with Crippen LogP contribution in [0.4, 0.5) is 8.78 Å². The molecular formula is C12H15F2NOS. The minimum Gasteiger partial charge on any atom is -0.307 e. The van der Waals surface area contributed by atoms with Crippen molar-refractivity contribution >= 4 is 10.8 Å². The molecule has 1 fully saturated rings. The van der Waals surface area contributed by atoms with Gasteiger partial charge in [0.1, 0.15) is 11.6 Å². The second-order valence-electron chi connectivity index (χ2n) is 4.39. The molecule has 3 unspecified atom stereocenters. The Bertz CT molecular complexity index is 439. The van der Waals surface area contributed by atoms with E-state index in [1.807, 2.05) is 6.92 Å². The van der Waals surface area contributed by atoms with Crippen molar-refractivity contribution in [2.24, 2.45) is 0 Å². The Morgan fingerprint density at radius 2 is 2.18 bits per heavy atom. The molecule has 5 heteroatoms. The lowest BCUT2D eigenvalue weighted by Crippen LogP contribution is -2.31. The van der Waals surface area contributed by atoms with Crippen molar-refractivity contribution in [2.75, 3.05) is 11.5 Å². The maximum absolute atomic E-state index is 13.6. The SMILES string of the molecule is CC1CCS(=O)CC(c2ccc(F)cc2F)N1. The first-order valence-corrected chi connectivity index (χ1v) is 7.11. The van der Waals surface area contributed by atoms with Crippen LogP contribution in [-0.2, 0) is 10.8 Å². The molecular weight excluding hydrogens is 244 g/mol. The van der Waals surface area contributed by atoms with Crippen LogP contribution in [0.5, 0.6) is 0 Å². The highest BCUT2D eigenvalue weighted by molar-refractivity contribution is 7.85. The number of rotatable bonds is 1. The summed E-state index contributed by atoms with van der Waals surface area (Å²) in [7, 11) is -0.945. The molecule has 1 saturated heterocycles. The van der Waals surface area contributed by atoms with E-state index in [9.17, 15) is 13.0 Å². The molecule has 0 radical (unpaired) electrons. The molecule has 3 atom stereocenters. The summed E-state index contributed by atoms with van der Waals surface area (Å²) >= 11 is 0. The molecule has 1 aromatic carbocycles. The Labute approximate surface area is 102 Å². The largest absolute Gasteiger partial charge is 0.307 e. The first-order chi connectivity index (χ1) is 8.06. The van der Waals surface area contributed by atoms with E-state index in [0.717, 1.165) is 12.5 Å². The van der Waals surface area contributed by atoms with E-state index in [0.29, 0.717) is 17.1 Å². The van der Waals surface area contributed by atoms with Gasteiger partial charge in [-0.1, -0.05) is 6.07 Å². The van der Waals surface area contributed by atoms with Gasteiger partial charge in [-0.2, -0.15) is 0 Å². The van der Waals surface area contributed by atoms with Crippen LogP contribution in [-0.4, -0.2) is 21.8 Å². The summed E-state index contributed by atoms with van der Waals surface area (Å²) in [5.74, 6) is -0.150. The fourth-order valence-corrected chi connectivity index (χ4v) is 3.45. The lowest BCUT2D eigenvalue weighted by molar-refractivity contribution is 0.465. The van der Waals surface area contributed by atoms with Gasteiger partial charge in [-0.05, 0) is 19.4 Å². The molecule has 2 nitrogen and oxygen atoms in total. The summed E-state index contributed by atoms with van der Waals surface area (Å²) in [6.07, 6.45) is 0.811. The molecule has 0 spiro atoms. The zero-order chi connectivity index (χ0) is 12.4. The Balaban J connectivity index is 2.27. The highest BCUT2D eigenvalue weighted by Crippen LogP contribution is 2.22. The normalized spacial score (nSPS) is 29.9. The van der Waals surface area contributed by atoms with E-state index in [4.69, 9.17) is 0 Å². The van der Waals surface area contributed by atoms with Crippen LogP contribution in [0.25, 0.3) is 0 Å². The molecule has 1 aliphatic rings. The minimum atomic E-state index is -0.945. The molecule has 0 aromatic heterocycles. The van der Waals surface area contributed by atoms with Gasteiger partial charge in [0.2, 0.25) is 0 Å². The molecule has 0 aliphatic carbocycles. The van der Waals surface area contributed by atoms with E-state index in [-0.39, 0.29) is 12.1 Å². The van der Waals surface area contributed by atoms with Gasteiger partial charge in [0.05, 0.1) is 0 Å². The van der Waals surface area contributed by atoms with Crippen LogP contribution >= 0.6 is 0 Å². The number of hydrogen-bond acceptors (Lipinski definition) is 2. The number of hydrogen-bond donors (Lipinski definition) is 1. The third-order valence-electron chi connectivity index (χ3n) is 2.95. The Morgan fingerprint density at radius 3 is 2.88 bits per heavy atom. The lowest BCUT2D eigenvalue weighted by atomic mass is 10.1. The molecule has 2 rings (SSSR count). The maximum Gasteiger partial charge on any atom is 0.130 e. The third-order valence-corrected chi connectivity index (χ3v) is 4.35. The zero-order valence-electron chi connectivity index (χ0n) is 9.58. The van der Waals surface area contributed by atoms with Crippen LogP contribution in [0.1, 0.15) is 24.9 Å². The van der Waals surface area contributed by atoms with E-state index in [1.54, 1.807) is 0 Å². The zero-order valence-corrected chi connectivity index (χ0v) is 10.4.